The number of benzene rings is 1. The number of hydrogen-bond acceptors (Lipinski definition) is 3. The number of unbranched alkanes of at least 4 members (excludes halogenated alkanes) is 8. The average molecular weight is 427 g/mol. The normalized spacial score (nSPS) is 12.8. The van der Waals surface area contributed by atoms with Crippen molar-refractivity contribution in [1.82, 2.24) is 0 Å². The summed E-state index contributed by atoms with van der Waals surface area (Å²) in [5.74, 6) is 0.617. The molecule has 1 unspecified atom stereocenters. The first-order valence-electron chi connectivity index (χ1n) is 11.6. The number of rotatable bonds is 17. The minimum absolute atomic E-state index is 0.254. The number of hydrogen-bond donors (Lipinski definition) is 1. The second-order valence-electron chi connectivity index (χ2n) is 8.27. The van der Waals surface area contributed by atoms with E-state index >= 15 is 0 Å². The lowest BCUT2D eigenvalue weighted by atomic mass is 10.00. The van der Waals surface area contributed by atoms with Gasteiger partial charge in [0.25, 0.3) is 10.1 Å². The Labute approximate surface area is 179 Å². The SMILES string of the molecule is CCCCCCCc1ccc(CCCCCCC)c(OC(C)CCS(=O)(=O)O)c1. The van der Waals surface area contributed by atoms with E-state index in [4.69, 9.17) is 9.29 Å². The van der Waals surface area contributed by atoms with E-state index in [1.807, 2.05) is 6.92 Å². The summed E-state index contributed by atoms with van der Waals surface area (Å²) in [7, 11) is -3.95. The smallest absolute Gasteiger partial charge is 0.264 e. The summed E-state index contributed by atoms with van der Waals surface area (Å²) in [6.45, 7) is 6.32. The van der Waals surface area contributed by atoms with Gasteiger partial charge in [0, 0.05) is 6.42 Å². The highest BCUT2D eigenvalue weighted by Gasteiger charge is 2.13. The molecule has 1 aromatic rings. The minimum Gasteiger partial charge on any atom is -0.490 e. The second-order valence-corrected chi connectivity index (χ2v) is 9.85. The predicted octanol–water partition coefficient (Wildman–Crippen LogP) is 6.76. The summed E-state index contributed by atoms with van der Waals surface area (Å²) in [5, 5.41) is 0. The fourth-order valence-electron chi connectivity index (χ4n) is 3.51. The summed E-state index contributed by atoms with van der Waals surface area (Å²) in [4.78, 5) is 0. The van der Waals surface area contributed by atoms with Crippen LogP contribution in [0.2, 0.25) is 0 Å². The van der Waals surface area contributed by atoms with Crippen LogP contribution in [0, 0.1) is 0 Å². The first-order chi connectivity index (χ1) is 13.9. The predicted molar refractivity (Wildman–Crippen MR) is 122 cm³/mol. The van der Waals surface area contributed by atoms with E-state index in [0.717, 1.165) is 25.0 Å². The first-order valence-corrected chi connectivity index (χ1v) is 13.2. The van der Waals surface area contributed by atoms with Gasteiger partial charge in [-0.2, -0.15) is 8.42 Å². The molecule has 1 rings (SSSR count). The van der Waals surface area contributed by atoms with Crippen LogP contribution in [0.15, 0.2) is 18.2 Å². The maximum Gasteiger partial charge on any atom is 0.264 e. The van der Waals surface area contributed by atoms with E-state index < -0.39 is 10.1 Å². The van der Waals surface area contributed by atoms with Crippen LogP contribution in [0.25, 0.3) is 0 Å². The van der Waals surface area contributed by atoms with Gasteiger partial charge in [-0.15, -0.1) is 0 Å². The molecule has 0 heterocycles. The van der Waals surface area contributed by atoms with Crippen LogP contribution >= 0.6 is 0 Å². The van der Waals surface area contributed by atoms with Crippen LogP contribution < -0.4 is 4.74 Å². The summed E-state index contributed by atoms with van der Waals surface area (Å²) >= 11 is 0. The Morgan fingerprint density at radius 2 is 1.48 bits per heavy atom. The molecular formula is C24H42O4S. The van der Waals surface area contributed by atoms with Gasteiger partial charge < -0.3 is 4.74 Å². The van der Waals surface area contributed by atoms with Gasteiger partial charge >= 0.3 is 0 Å². The Morgan fingerprint density at radius 3 is 2.07 bits per heavy atom. The van der Waals surface area contributed by atoms with E-state index in [2.05, 4.69) is 32.0 Å². The van der Waals surface area contributed by atoms with Crippen molar-refractivity contribution in [2.75, 3.05) is 5.75 Å². The lowest BCUT2D eigenvalue weighted by Gasteiger charge is -2.18. The molecule has 0 fully saturated rings. The van der Waals surface area contributed by atoms with E-state index in [1.54, 1.807) is 0 Å². The van der Waals surface area contributed by atoms with Crippen molar-refractivity contribution in [2.24, 2.45) is 0 Å². The molecule has 0 aliphatic carbocycles. The molecule has 29 heavy (non-hydrogen) atoms. The van der Waals surface area contributed by atoms with Crippen LogP contribution in [0.1, 0.15) is 103 Å². The van der Waals surface area contributed by atoms with Crippen molar-refractivity contribution in [1.29, 1.82) is 0 Å². The van der Waals surface area contributed by atoms with Gasteiger partial charge in [-0.25, -0.2) is 0 Å². The molecule has 0 saturated heterocycles. The van der Waals surface area contributed by atoms with Crippen LogP contribution in [0.3, 0.4) is 0 Å². The topological polar surface area (TPSA) is 63.6 Å². The van der Waals surface area contributed by atoms with Crippen molar-refractivity contribution in [3.63, 3.8) is 0 Å². The maximum atomic E-state index is 11.0. The highest BCUT2D eigenvalue weighted by molar-refractivity contribution is 7.85. The van der Waals surface area contributed by atoms with Gasteiger partial charge in [-0.1, -0.05) is 77.3 Å². The Morgan fingerprint density at radius 1 is 0.897 bits per heavy atom. The van der Waals surface area contributed by atoms with Crippen LogP contribution in [0.4, 0.5) is 0 Å². The van der Waals surface area contributed by atoms with Crippen molar-refractivity contribution in [3.8, 4) is 5.75 Å². The van der Waals surface area contributed by atoms with Crippen molar-refractivity contribution in [2.45, 2.75) is 110 Å². The maximum absolute atomic E-state index is 11.0. The first kappa shape index (κ1) is 26.0. The van der Waals surface area contributed by atoms with Gasteiger partial charge in [0.2, 0.25) is 0 Å². The van der Waals surface area contributed by atoms with Gasteiger partial charge in [0.1, 0.15) is 5.75 Å². The van der Waals surface area contributed by atoms with E-state index in [0.29, 0.717) is 0 Å². The molecule has 0 saturated carbocycles. The second kappa shape index (κ2) is 14.8. The van der Waals surface area contributed by atoms with Crippen molar-refractivity contribution in [3.05, 3.63) is 29.3 Å². The van der Waals surface area contributed by atoms with Gasteiger partial charge in [0.15, 0.2) is 0 Å². The monoisotopic (exact) mass is 426 g/mol. The lowest BCUT2D eigenvalue weighted by Crippen LogP contribution is -2.18. The van der Waals surface area contributed by atoms with Gasteiger partial charge in [-0.05, 0) is 49.8 Å². The third-order valence-electron chi connectivity index (χ3n) is 5.36. The molecule has 0 aliphatic rings. The molecule has 0 aromatic heterocycles. The van der Waals surface area contributed by atoms with E-state index in [9.17, 15) is 8.42 Å². The van der Waals surface area contributed by atoms with Crippen LogP contribution in [-0.4, -0.2) is 24.8 Å². The molecular weight excluding hydrogens is 384 g/mol. The standard InChI is InChI=1S/C24H42O4S/c1-4-6-8-10-12-14-22-16-17-23(15-13-11-9-7-5-2)24(20-22)28-21(3)18-19-29(25,26)27/h16-17,20-21H,4-15,18-19H2,1-3H3,(H,25,26,27). The molecule has 1 N–H and O–H groups in total. The van der Waals surface area contributed by atoms with Crippen LogP contribution in [-0.2, 0) is 23.0 Å². The zero-order valence-corrected chi connectivity index (χ0v) is 19.6. The summed E-state index contributed by atoms with van der Waals surface area (Å²) in [6.07, 6.45) is 14.5. The number of ether oxygens (including phenoxy) is 1. The Bertz CT molecular complexity index is 655. The summed E-state index contributed by atoms with van der Waals surface area (Å²) < 4.78 is 37.2. The Kier molecular flexibility index (Phi) is 13.3. The zero-order chi connectivity index (χ0) is 21.5. The Hall–Kier alpha value is -1.07. The molecule has 0 spiro atoms. The zero-order valence-electron chi connectivity index (χ0n) is 18.8. The highest BCUT2D eigenvalue weighted by atomic mass is 32.2. The molecule has 5 heteroatoms. The Balaban J connectivity index is 2.71. The van der Waals surface area contributed by atoms with Crippen LogP contribution in [0.5, 0.6) is 5.75 Å². The molecule has 0 radical (unpaired) electrons. The average Bonchev–Trinajstić information content (AvgIpc) is 2.67. The molecule has 0 aliphatic heterocycles. The largest absolute Gasteiger partial charge is 0.490 e. The highest BCUT2D eigenvalue weighted by Crippen LogP contribution is 2.26. The summed E-state index contributed by atoms with van der Waals surface area (Å²) in [6, 6.07) is 6.55. The van der Waals surface area contributed by atoms with E-state index in [-0.39, 0.29) is 18.3 Å². The van der Waals surface area contributed by atoms with E-state index in [1.165, 1.54) is 68.9 Å². The molecule has 168 valence electrons. The number of aryl methyl sites for hydroxylation is 2. The molecule has 4 nitrogen and oxygen atoms in total. The van der Waals surface area contributed by atoms with Gasteiger partial charge in [0.05, 0.1) is 11.9 Å². The fourth-order valence-corrected chi connectivity index (χ4v) is 4.14. The summed E-state index contributed by atoms with van der Waals surface area (Å²) in [5.41, 5.74) is 2.49. The quantitative estimate of drug-likeness (QED) is 0.221. The molecule has 0 bridgehead atoms. The third kappa shape index (κ3) is 13.0. The third-order valence-corrected chi connectivity index (χ3v) is 6.11. The molecule has 1 atom stereocenters. The van der Waals surface area contributed by atoms with Gasteiger partial charge in [-0.3, -0.25) is 4.55 Å². The molecule has 0 amide bonds. The van der Waals surface area contributed by atoms with Crippen molar-refractivity contribution >= 4 is 10.1 Å². The fraction of sp³-hybridized carbons (Fsp3) is 0.750. The minimum atomic E-state index is -3.95. The molecule has 1 aromatic carbocycles. The lowest BCUT2D eigenvalue weighted by molar-refractivity contribution is 0.214. The van der Waals surface area contributed by atoms with Crippen molar-refractivity contribution < 1.29 is 17.7 Å².